The average molecular weight is 261 g/mol. The fraction of sp³-hybridized carbons (Fsp3) is 0.143. The molecule has 3 nitrogen and oxygen atoms in total. The predicted octanol–water partition coefficient (Wildman–Crippen LogP) is 3.11. The van der Waals surface area contributed by atoms with Crippen LogP contribution in [0.25, 0.3) is 10.9 Å². The number of nitrogens with zero attached hydrogens (tertiary/aromatic N) is 1. The normalized spacial score (nSPS) is 10.3. The molecule has 0 aliphatic rings. The number of nitrogens with one attached hydrogen (secondary N) is 1. The van der Waals surface area contributed by atoms with E-state index in [1.165, 1.54) is 6.20 Å². The maximum atomic E-state index is 11.9. The van der Waals surface area contributed by atoms with Gasteiger partial charge in [0.2, 0.25) is 0 Å². The number of carbonyl (C=O) groups is 1. The molecule has 0 aliphatic carbocycles. The van der Waals surface area contributed by atoms with Crippen LogP contribution >= 0.6 is 11.6 Å². The molecule has 0 radical (unpaired) electrons. The van der Waals surface area contributed by atoms with Crippen LogP contribution in [0.3, 0.4) is 0 Å². The highest BCUT2D eigenvalue weighted by Crippen LogP contribution is 2.27. The van der Waals surface area contributed by atoms with E-state index in [9.17, 15) is 4.79 Å². The van der Waals surface area contributed by atoms with E-state index in [1.807, 2.05) is 25.1 Å². The van der Waals surface area contributed by atoms with Gasteiger partial charge in [-0.2, -0.15) is 0 Å². The molecule has 18 heavy (non-hydrogen) atoms. The molecule has 1 aromatic heterocycles. The Balaban J connectivity index is 2.51. The van der Waals surface area contributed by atoms with Crippen LogP contribution in [-0.2, 0) is 0 Å². The minimum absolute atomic E-state index is 0.240. The molecule has 1 heterocycles. The fourth-order valence-electron chi connectivity index (χ4n) is 1.76. The van der Waals surface area contributed by atoms with Crippen molar-refractivity contribution in [2.45, 2.75) is 6.92 Å². The Bertz CT molecular complexity index is 622. The van der Waals surface area contributed by atoms with Gasteiger partial charge < -0.3 is 5.32 Å². The summed E-state index contributed by atoms with van der Waals surface area (Å²) in [7, 11) is 0. The first-order valence-corrected chi connectivity index (χ1v) is 5.96. The Morgan fingerprint density at radius 2 is 2.33 bits per heavy atom. The summed E-state index contributed by atoms with van der Waals surface area (Å²) in [5.74, 6) is -0.240. The Kier molecular flexibility index (Phi) is 3.63. The second-order valence-electron chi connectivity index (χ2n) is 3.96. The molecular weight excluding hydrogens is 248 g/mol. The number of amides is 1. The van der Waals surface area contributed by atoms with Gasteiger partial charge in [-0.3, -0.25) is 9.78 Å². The van der Waals surface area contributed by atoms with Gasteiger partial charge in [-0.1, -0.05) is 35.9 Å². The number of benzene rings is 1. The van der Waals surface area contributed by atoms with Crippen molar-refractivity contribution in [1.29, 1.82) is 0 Å². The van der Waals surface area contributed by atoms with Gasteiger partial charge in [0.1, 0.15) is 0 Å². The molecule has 0 unspecified atom stereocenters. The van der Waals surface area contributed by atoms with Gasteiger partial charge in [0, 0.05) is 18.1 Å². The summed E-state index contributed by atoms with van der Waals surface area (Å²) in [6, 6.07) is 5.72. The van der Waals surface area contributed by atoms with Crippen molar-refractivity contribution in [3.63, 3.8) is 0 Å². The standard InChI is InChI=1S/C14H13ClN2O/c1-3-7-16-14(18)11-8-17-13-9(2)5-4-6-10(13)12(11)15/h3-6,8H,1,7H2,2H3,(H,16,18). The maximum absolute atomic E-state index is 11.9. The number of pyridine rings is 1. The van der Waals surface area contributed by atoms with Crippen LogP contribution < -0.4 is 5.32 Å². The maximum Gasteiger partial charge on any atom is 0.254 e. The summed E-state index contributed by atoms with van der Waals surface area (Å²) in [5, 5.41) is 3.92. The lowest BCUT2D eigenvalue weighted by Gasteiger charge is -2.08. The zero-order valence-corrected chi connectivity index (χ0v) is 10.8. The third-order valence-corrected chi connectivity index (χ3v) is 3.09. The average Bonchev–Trinajstić information content (AvgIpc) is 2.37. The Hall–Kier alpha value is -1.87. The number of hydrogen-bond donors (Lipinski definition) is 1. The summed E-state index contributed by atoms with van der Waals surface area (Å²) in [5.41, 5.74) is 2.24. The summed E-state index contributed by atoms with van der Waals surface area (Å²) in [4.78, 5) is 16.2. The van der Waals surface area contributed by atoms with Gasteiger partial charge in [-0.05, 0) is 12.5 Å². The molecule has 0 spiro atoms. The van der Waals surface area contributed by atoms with Crippen LogP contribution in [0.4, 0.5) is 0 Å². The second-order valence-corrected chi connectivity index (χ2v) is 4.33. The van der Waals surface area contributed by atoms with Crippen molar-refractivity contribution in [3.05, 3.63) is 53.2 Å². The molecule has 4 heteroatoms. The lowest BCUT2D eigenvalue weighted by atomic mass is 10.1. The number of hydrogen-bond acceptors (Lipinski definition) is 2. The summed E-state index contributed by atoms with van der Waals surface area (Å²) < 4.78 is 0. The van der Waals surface area contributed by atoms with E-state index < -0.39 is 0 Å². The molecule has 1 amide bonds. The van der Waals surface area contributed by atoms with Gasteiger partial charge in [0.05, 0.1) is 16.1 Å². The molecule has 0 bridgehead atoms. The number of rotatable bonds is 3. The minimum Gasteiger partial charge on any atom is -0.348 e. The van der Waals surface area contributed by atoms with Crippen molar-refractivity contribution in [3.8, 4) is 0 Å². The molecule has 92 valence electrons. The van der Waals surface area contributed by atoms with Crippen LogP contribution in [-0.4, -0.2) is 17.4 Å². The number of carbonyl (C=O) groups excluding carboxylic acids is 1. The Morgan fingerprint density at radius 1 is 1.56 bits per heavy atom. The Morgan fingerprint density at radius 3 is 3.06 bits per heavy atom. The van der Waals surface area contributed by atoms with Crippen molar-refractivity contribution in [2.75, 3.05) is 6.54 Å². The van der Waals surface area contributed by atoms with E-state index in [1.54, 1.807) is 6.08 Å². The largest absolute Gasteiger partial charge is 0.348 e. The predicted molar refractivity (Wildman–Crippen MR) is 74.0 cm³/mol. The number of aryl methyl sites for hydroxylation is 1. The monoisotopic (exact) mass is 260 g/mol. The Labute approximate surface area is 110 Å². The zero-order valence-electron chi connectivity index (χ0n) is 10.0. The molecular formula is C14H13ClN2O. The highest BCUT2D eigenvalue weighted by molar-refractivity contribution is 6.38. The molecule has 0 fully saturated rings. The van der Waals surface area contributed by atoms with Gasteiger partial charge >= 0.3 is 0 Å². The number of halogens is 1. The molecule has 1 N–H and O–H groups in total. The van der Waals surface area contributed by atoms with E-state index in [-0.39, 0.29) is 5.91 Å². The van der Waals surface area contributed by atoms with Crippen LogP contribution in [0.15, 0.2) is 37.1 Å². The molecule has 1 aromatic carbocycles. The molecule has 2 aromatic rings. The molecule has 0 aliphatic heterocycles. The molecule has 0 atom stereocenters. The third kappa shape index (κ3) is 2.22. The number of fused-ring (bicyclic) bond motifs is 1. The minimum atomic E-state index is -0.240. The van der Waals surface area contributed by atoms with Crippen molar-refractivity contribution >= 4 is 28.4 Å². The van der Waals surface area contributed by atoms with Gasteiger partial charge in [0.15, 0.2) is 0 Å². The summed E-state index contributed by atoms with van der Waals surface area (Å²) >= 11 is 6.26. The first-order valence-electron chi connectivity index (χ1n) is 5.58. The molecule has 0 saturated carbocycles. The summed E-state index contributed by atoms with van der Waals surface area (Å²) in [6.07, 6.45) is 3.13. The van der Waals surface area contributed by atoms with E-state index >= 15 is 0 Å². The van der Waals surface area contributed by atoms with E-state index in [2.05, 4.69) is 16.9 Å². The third-order valence-electron chi connectivity index (χ3n) is 2.69. The molecule has 0 saturated heterocycles. The van der Waals surface area contributed by atoms with E-state index in [0.717, 1.165) is 16.5 Å². The summed E-state index contributed by atoms with van der Waals surface area (Å²) in [6.45, 7) is 5.91. The highest BCUT2D eigenvalue weighted by Gasteiger charge is 2.13. The van der Waals surface area contributed by atoms with Crippen LogP contribution in [0.5, 0.6) is 0 Å². The smallest absolute Gasteiger partial charge is 0.254 e. The first-order chi connectivity index (χ1) is 8.65. The topological polar surface area (TPSA) is 42.0 Å². The highest BCUT2D eigenvalue weighted by atomic mass is 35.5. The van der Waals surface area contributed by atoms with Crippen LogP contribution in [0.2, 0.25) is 5.02 Å². The van der Waals surface area contributed by atoms with Crippen LogP contribution in [0.1, 0.15) is 15.9 Å². The second kappa shape index (κ2) is 5.19. The zero-order chi connectivity index (χ0) is 13.1. The SMILES string of the molecule is C=CCNC(=O)c1cnc2c(C)cccc2c1Cl. The van der Waals surface area contributed by atoms with E-state index in [0.29, 0.717) is 17.1 Å². The fourth-order valence-corrected chi connectivity index (χ4v) is 2.04. The van der Waals surface area contributed by atoms with Gasteiger partial charge in [-0.25, -0.2) is 0 Å². The van der Waals surface area contributed by atoms with Gasteiger partial charge in [0.25, 0.3) is 5.91 Å². The molecule has 2 rings (SSSR count). The number of aromatic nitrogens is 1. The van der Waals surface area contributed by atoms with Crippen LogP contribution in [0, 0.1) is 6.92 Å². The quantitative estimate of drug-likeness (QED) is 0.862. The van der Waals surface area contributed by atoms with Gasteiger partial charge in [-0.15, -0.1) is 6.58 Å². The first kappa shape index (κ1) is 12.6. The van der Waals surface area contributed by atoms with Crippen molar-refractivity contribution in [1.82, 2.24) is 10.3 Å². The lowest BCUT2D eigenvalue weighted by molar-refractivity contribution is 0.0958. The van der Waals surface area contributed by atoms with E-state index in [4.69, 9.17) is 11.6 Å². The number of para-hydroxylation sites is 1. The van der Waals surface area contributed by atoms with Crippen molar-refractivity contribution < 1.29 is 4.79 Å². The van der Waals surface area contributed by atoms with Crippen molar-refractivity contribution in [2.24, 2.45) is 0 Å². The lowest BCUT2D eigenvalue weighted by Crippen LogP contribution is -2.23.